The van der Waals surface area contributed by atoms with Crippen LogP contribution in [0.15, 0.2) is 11.6 Å². The molecule has 3 N–H and O–H groups in total. The third-order valence-corrected chi connectivity index (χ3v) is 13.5. The van der Waals surface area contributed by atoms with Crippen molar-refractivity contribution in [1.82, 2.24) is 0 Å². The molecule has 4 aliphatic rings. The van der Waals surface area contributed by atoms with Crippen LogP contribution in [0.1, 0.15) is 118 Å². The van der Waals surface area contributed by atoms with Gasteiger partial charge in [0.05, 0.1) is 59.0 Å². The molecule has 0 radical (unpaired) electrons. The van der Waals surface area contributed by atoms with Gasteiger partial charge in [0.15, 0.2) is 0 Å². The number of hydrogen-bond acceptors (Lipinski definition) is 8. The first-order chi connectivity index (χ1) is 24.5. The number of aliphatic carboxylic acids is 1. The van der Waals surface area contributed by atoms with Crippen LogP contribution in [-0.4, -0.2) is 89.0 Å². The van der Waals surface area contributed by atoms with Crippen LogP contribution in [0.3, 0.4) is 0 Å². The number of carbonyl (C=O) groups excluding carboxylic acids is 1. The summed E-state index contributed by atoms with van der Waals surface area (Å²) in [6, 6.07) is 0. The highest BCUT2D eigenvalue weighted by Gasteiger charge is 2.59. The van der Waals surface area contributed by atoms with Crippen LogP contribution in [0.25, 0.3) is 0 Å². The molecule has 9 nitrogen and oxygen atoms in total. The van der Waals surface area contributed by atoms with E-state index in [1.54, 1.807) is 5.57 Å². The third-order valence-electron chi connectivity index (χ3n) is 13.5. The maximum absolute atomic E-state index is 12.8. The third kappa shape index (κ3) is 11.6. The van der Waals surface area contributed by atoms with Gasteiger partial charge in [-0.3, -0.25) is 9.59 Å². The Morgan fingerprint density at radius 3 is 2.20 bits per heavy atom. The first-order valence-corrected chi connectivity index (χ1v) is 20.6. The lowest BCUT2D eigenvalue weighted by molar-refractivity contribution is -0.149. The average Bonchev–Trinajstić information content (AvgIpc) is 3.45. The highest BCUT2D eigenvalue weighted by Crippen LogP contribution is 2.67. The zero-order valence-corrected chi connectivity index (χ0v) is 32.8. The number of rotatable bonds is 25. The van der Waals surface area contributed by atoms with E-state index in [1.807, 2.05) is 0 Å². The molecule has 294 valence electrons. The first-order valence-electron chi connectivity index (χ1n) is 20.6. The van der Waals surface area contributed by atoms with Crippen LogP contribution in [-0.2, 0) is 33.3 Å². The van der Waals surface area contributed by atoms with Crippen molar-refractivity contribution in [2.45, 2.75) is 124 Å². The summed E-state index contributed by atoms with van der Waals surface area (Å²) < 4.78 is 27.9. The molecular formula is C42H73NO8. The van der Waals surface area contributed by atoms with E-state index in [4.69, 9.17) is 29.4 Å². The highest BCUT2D eigenvalue weighted by atomic mass is 16.6. The van der Waals surface area contributed by atoms with Crippen LogP contribution in [0, 0.1) is 52.3 Å². The van der Waals surface area contributed by atoms with Gasteiger partial charge < -0.3 is 34.5 Å². The minimum absolute atomic E-state index is 0.150. The largest absolute Gasteiger partial charge is 0.481 e. The summed E-state index contributed by atoms with van der Waals surface area (Å²) in [6.07, 6.45) is 17.7. The van der Waals surface area contributed by atoms with Gasteiger partial charge in [0.2, 0.25) is 0 Å². The summed E-state index contributed by atoms with van der Waals surface area (Å²) >= 11 is 0. The molecule has 3 fully saturated rings. The number of Topliss-reactive ketones (excluding diaryl/α,β-unsaturated/α-hetero) is 1. The molecule has 0 saturated heterocycles. The summed E-state index contributed by atoms with van der Waals surface area (Å²) in [5.74, 6) is 2.39. The van der Waals surface area contributed by atoms with E-state index in [0.717, 1.165) is 48.3 Å². The summed E-state index contributed by atoms with van der Waals surface area (Å²) in [4.78, 5) is 24.6. The van der Waals surface area contributed by atoms with Gasteiger partial charge >= 0.3 is 5.97 Å². The molecular weight excluding hydrogens is 646 g/mol. The predicted octanol–water partition coefficient (Wildman–Crippen LogP) is 7.49. The number of nitrogens with two attached hydrogens (primary N) is 1. The van der Waals surface area contributed by atoms with E-state index in [2.05, 4.69) is 40.7 Å². The van der Waals surface area contributed by atoms with Gasteiger partial charge in [0.25, 0.3) is 0 Å². The fourth-order valence-corrected chi connectivity index (χ4v) is 10.7. The number of ketones is 1. The van der Waals surface area contributed by atoms with Gasteiger partial charge in [-0.15, -0.1) is 0 Å². The Labute approximate surface area is 309 Å². The number of carboxylic acid groups (broad SMARTS) is 1. The van der Waals surface area contributed by atoms with Crippen molar-refractivity contribution in [3.05, 3.63) is 11.6 Å². The smallest absolute Gasteiger partial charge is 0.316 e. The van der Waals surface area contributed by atoms with Crippen molar-refractivity contribution in [2.75, 3.05) is 66.0 Å². The molecule has 4 unspecified atom stereocenters. The van der Waals surface area contributed by atoms with Crippen LogP contribution in [0.5, 0.6) is 0 Å². The molecule has 4 aliphatic carbocycles. The SMILES string of the molecule is CC(C)CCC[C@@H](C)[C@H]1CCC2C3CC=C4C[C@@H](OCCCC(=O)C(COCCOCCOCCOCCN)C(=O)O)CC[C@]4(C)C3CC[C@@]21C. The van der Waals surface area contributed by atoms with Gasteiger partial charge in [-0.2, -0.15) is 0 Å². The van der Waals surface area contributed by atoms with Crippen molar-refractivity contribution < 1.29 is 38.4 Å². The van der Waals surface area contributed by atoms with Gasteiger partial charge in [0.1, 0.15) is 11.7 Å². The molecule has 0 aromatic heterocycles. The summed E-state index contributed by atoms with van der Waals surface area (Å²) in [7, 11) is 0. The fraction of sp³-hybridized carbons (Fsp3) is 0.905. The molecule has 0 aromatic carbocycles. The number of carboxylic acids is 1. The predicted molar refractivity (Wildman–Crippen MR) is 200 cm³/mol. The maximum atomic E-state index is 12.8. The Morgan fingerprint density at radius 2 is 1.53 bits per heavy atom. The van der Waals surface area contributed by atoms with Gasteiger partial charge in [-0.1, -0.05) is 65.5 Å². The second-order valence-corrected chi connectivity index (χ2v) is 17.2. The number of hydrogen-bond donors (Lipinski definition) is 2. The van der Waals surface area contributed by atoms with Crippen LogP contribution in [0.4, 0.5) is 0 Å². The van der Waals surface area contributed by atoms with Crippen molar-refractivity contribution in [3.63, 3.8) is 0 Å². The van der Waals surface area contributed by atoms with E-state index in [-0.39, 0.29) is 36.9 Å². The van der Waals surface area contributed by atoms with E-state index in [0.29, 0.717) is 64.6 Å². The summed E-state index contributed by atoms with van der Waals surface area (Å²) in [5, 5.41) is 9.64. The number of carbonyl (C=O) groups is 2. The van der Waals surface area contributed by atoms with E-state index in [9.17, 15) is 14.7 Å². The minimum atomic E-state index is -1.17. The Balaban J connectivity index is 1.14. The Kier molecular flexibility index (Phi) is 17.4. The lowest BCUT2D eigenvalue weighted by Crippen LogP contribution is -2.51. The lowest BCUT2D eigenvalue weighted by Gasteiger charge is -2.58. The molecule has 0 aromatic rings. The van der Waals surface area contributed by atoms with Gasteiger partial charge in [-0.25, -0.2) is 0 Å². The zero-order chi connectivity index (χ0) is 36.9. The summed E-state index contributed by atoms with van der Waals surface area (Å²) in [5.41, 5.74) is 7.77. The standard InChI is InChI=1S/C42H73NO8/c1-30(2)8-6-9-31(3)36-13-14-37-34-12-11-32-28-33(15-17-41(32,4)38(34)16-18-42(36,37)5)51-20-7-10-39(44)35(40(45)46)29-50-27-26-49-25-24-48-23-22-47-21-19-43/h11,30-31,33-38H,6-10,12-29,43H2,1-5H3,(H,45,46)/t31-,33+,34?,35?,36-,37?,38?,41+,42-/m1/s1. The topological polar surface area (TPSA) is 127 Å². The van der Waals surface area contributed by atoms with Gasteiger partial charge in [-0.05, 0) is 104 Å². The van der Waals surface area contributed by atoms with Gasteiger partial charge in [0, 0.05) is 19.6 Å². The molecule has 9 heteroatoms. The van der Waals surface area contributed by atoms with Crippen LogP contribution >= 0.6 is 0 Å². The maximum Gasteiger partial charge on any atom is 0.316 e. The quantitative estimate of drug-likeness (QED) is 0.0561. The first kappa shape index (κ1) is 42.4. The van der Waals surface area contributed by atoms with Crippen LogP contribution in [0.2, 0.25) is 0 Å². The van der Waals surface area contributed by atoms with Crippen molar-refractivity contribution >= 4 is 11.8 Å². The molecule has 0 spiro atoms. The number of ether oxygens (including phenoxy) is 5. The molecule has 51 heavy (non-hydrogen) atoms. The fourth-order valence-electron chi connectivity index (χ4n) is 10.7. The molecule has 0 amide bonds. The molecule has 0 heterocycles. The second kappa shape index (κ2) is 20.9. The monoisotopic (exact) mass is 720 g/mol. The normalized spacial score (nSPS) is 31.4. The molecule has 0 aliphatic heterocycles. The lowest BCUT2D eigenvalue weighted by atomic mass is 9.47. The molecule has 0 bridgehead atoms. The van der Waals surface area contributed by atoms with Crippen molar-refractivity contribution in [2.24, 2.45) is 58.0 Å². The van der Waals surface area contributed by atoms with Crippen LogP contribution < -0.4 is 5.73 Å². The molecule has 9 atom stereocenters. The highest BCUT2D eigenvalue weighted by molar-refractivity contribution is 5.98. The van der Waals surface area contributed by atoms with Crippen molar-refractivity contribution in [3.8, 4) is 0 Å². The molecule has 4 rings (SSSR count). The van der Waals surface area contributed by atoms with E-state index < -0.39 is 11.9 Å². The second-order valence-electron chi connectivity index (χ2n) is 17.2. The minimum Gasteiger partial charge on any atom is -0.481 e. The Hall–Kier alpha value is -1.36. The Bertz CT molecular complexity index is 1100. The number of fused-ring (bicyclic) bond motifs is 5. The Morgan fingerprint density at radius 1 is 0.843 bits per heavy atom. The molecule has 3 saturated carbocycles. The van der Waals surface area contributed by atoms with E-state index >= 15 is 0 Å². The average molecular weight is 720 g/mol. The van der Waals surface area contributed by atoms with E-state index in [1.165, 1.54) is 57.8 Å². The zero-order valence-electron chi connectivity index (χ0n) is 32.8. The van der Waals surface area contributed by atoms with Crippen molar-refractivity contribution in [1.29, 1.82) is 0 Å². The summed E-state index contributed by atoms with van der Waals surface area (Å²) in [6.45, 7) is 16.2. The number of allylic oxidation sites excluding steroid dienone is 1.